The molecule has 14 aromatic rings. The lowest BCUT2D eigenvalue weighted by Crippen LogP contribution is -2.74. The first-order chi connectivity index (χ1) is 37.2. The van der Waals surface area contributed by atoms with Crippen LogP contribution < -0.4 is 20.7 Å². The molecule has 3 heteroatoms. The normalized spacial score (nSPS) is 11.7. The molecule has 2 aromatic heterocycles. The third-order valence-corrected chi connectivity index (χ3v) is 20.2. The summed E-state index contributed by atoms with van der Waals surface area (Å²) in [5.74, 6) is 0. The van der Waals surface area contributed by atoms with E-state index >= 15 is 0 Å². The number of rotatable bonds is 10. The van der Waals surface area contributed by atoms with Crippen molar-refractivity contribution in [2.75, 3.05) is 0 Å². The molecule has 0 aliphatic rings. The number of nitrogens with zero attached hydrogens (tertiary/aromatic N) is 2. The van der Waals surface area contributed by atoms with Crippen molar-refractivity contribution in [1.82, 2.24) is 9.13 Å². The lowest BCUT2D eigenvalue weighted by Gasteiger charge is -2.36. The SMILES string of the molecule is c1ccc(-c2ccc([Si](c3ccccc3)(c3ccccc3)c3cc(-c4ccccc4)c(-n4c5ccccc5c5cc(-c6cccc7c8ccccc8n(-c8ccccc8)c67)ccc54)c(-c4ccccc4)c3)cc2)cc1. The van der Waals surface area contributed by atoms with Crippen molar-refractivity contribution in [2.45, 2.75) is 0 Å². The average molecular weight is 971 g/mol. The molecule has 14 rings (SSSR count). The zero-order valence-corrected chi connectivity index (χ0v) is 42.3. The maximum Gasteiger partial charge on any atom is 0.179 e. The molecule has 0 aliphatic carbocycles. The summed E-state index contributed by atoms with van der Waals surface area (Å²) in [4.78, 5) is 0. The number of hydrogen-bond donors (Lipinski definition) is 0. The van der Waals surface area contributed by atoms with Gasteiger partial charge in [-0.25, -0.2) is 0 Å². The lowest BCUT2D eigenvalue weighted by molar-refractivity contribution is 1.18. The molecule has 0 fully saturated rings. The molecular formula is C72H50N2Si. The minimum atomic E-state index is -3.09. The van der Waals surface area contributed by atoms with Gasteiger partial charge in [0.05, 0.1) is 27.8 Å². The highest BCUT2D eigenvalue weighted by Crippen LogP contribution is 2.44. The van der Waals surface area contributed by atoms with Crippen molar-refractivity contribution in [3.05, 3.63) is 303 Å². The number of benzene rings is 12. The Balaban J connectivity index is 1.07. The average Bonchev–Trinajstić information content (AvgIpc) is 4.06. The van der Waals surface area contributed by atoms with Crippen molar-refractivity contribution in [1.29, 1.82) is 0 Å². The summed E-state index contributed by atoms with van der Waals surface area (Å²) in [7, 11) is -3.09. The van der Waals surface area contributed by atoms with Gasteiger partial charge in [-0.3, -0.25) is 0 Å². The summed E-state index contributed by atoms with van der Waals surface area (Å²) < 4.78 is 5.01. The summed E-state index contributed by atoms with van der Waals surface area (Å²) in [6.45, 7) is 0. The molecule has 2 nitrogen and oxygen atoms in total. The highest BCUT2D eigenvalue weighted by atomic mass is 28.3. The van der Waals surface area contributed by atoms with Crippen LogP contribution in [0.15, 0.2) is 303 Å². The Morgan fingerprint density at radius 3 is 1.21 bits per heavy atom. The smallest absolute Gasteiger partial charge is 0.179 e. The highest BCUT2D eigenvalue weighted by molar-refractivity contribution is 7.20. The second-order valence-electron chi connectivity index (χ2n) is 19.6. The van der Waals surface area contributed by atoms with Gasteiger partial charge in [0.1, 0.15) is 0 Å². The van der Waals surface area contributed by atoms with Crippen LogP contribution in [0.25, 0.3) is 99.5 Å². The highest BCUT2D eigenvalue weighted by Gasteiger charge is 2.42. The molecule has 0 unspecified atom stereocenters. The predicted octanol–water partition coefficient (Wildman–Crippen LogP) is 15.9. The second-order valence-corrected chi connectivity index (χ2v) is 23.4. The maximum absolute atomic E-state index is 3.09. The van der Waals surface area contributed by atoms with Gasteiger partial charge < -0.3 is 9.13 Å². The number of aromatic nitrogens is 2. The fourth-order valence-corrected chi connectivity index (χ4v) is 16.9. The van der Waals surface area contributed by atoms with Gasteiger partial charge in [0.15, 0.2) is 8.07 Å². The van der Waals surface area contributed by atoms with Gasteiger partial charge in [0.25, 0.3) is 0 Å². The summed E-state index contributed by atoms with van der Waals surface area (Å²) >= 11 is 0. The zero-order valence-electron chi connectivity index (χ0n) is 41.3. The zero-order chi connectivity index (χ0) is 49.7. The minimum absolute atomic E-state index is 1.15. The van der Waals surface area contributed by atoms with Crippen LogP contribution in [-0.4, -0.2) is 17.2 Å². The molecule has 352 valence electrons. The van der Waals surface area contributed by atoms with Gasteiger partial charge in [-0.1, -0.05) is 267 Å². The van der Waals surface area contributed by atoms with Gasteiger partial charge >= 0.3 is 0 Å². The van der Waals surface area contributed by atoms with Crippen LogP contribution in [0.2, 0.25) is 0 Å². The standard InChI is InChI=1S/C72H50N2Si/c1-7-24-51(25-8-1)52-42-45-59(46-43-52)75(57-32-15-5-16-33-57,58-34-17-6-18-35-58)60-49-65(53-26-9-2-10-27-53)72(66(50-60)54-28-11-3-12-29-54)74-69-41-22-20-37-63(69)67-48-55(44-47-70(67)74)61-38-23-39-64-62-36-19-21-40-68(62)73(71(61)64)56-30-13-4-14-31-56/h1-50H. The molecule has 0 spiro atoms. The molecular weight excluding hydrogens is 921 g/mol. The Bertz CT molecular complexity index is 4250. The maximum atomic E-state index is 2.56. The summed E-state index contributed by atoms with van der Waals surface area (Å²) in [5, 5.41) is 10.2. The molecule has 75 heavy (non-hydrogen) atoms. The fourth-order valence-electron chi connectivity index (χ4n) is 12.2. The Morgan fingerprint density at radius 1 is 0.227 bits per heavy atom. The fraction of sp³-hybridized carbons (Fsp3) is 0. The predicted molar refractivity (Wildman–Crippen MR) is 320 cm³/mol. The molecule has 0 saturated carbocycles. The minimum Gasteiger partial charge on any atom is -0.309 e. The molecule has 0 atom stereocenters. The van der Waals surface area contributed by atoms with Crippen molar-refractivity contribution in [3.63, 3.8) is 0 Å². The van der Waals surface area contributed by atoms with E-state index in [-0.39, 0.29) is 0 Å². The van der Waals surface area contributed by atoms with E-state index in [0.717, 1.165) is 33.5 Å². The molecule has 0 N–H and O–H groups in total. The van der Waals surface area contributed by atoms with Crippen LogP contribution in [-0.2, 0) is 0 Å². The number of hydrogen-bond acceptors (Lipinski definition) is 0. The van der Waals surface area contributed by atoms with E-state index in [0.29, 0.717) is 0 Å². The Morgan fingerprint density at radius 2 is 0.640 bits per heavy atom. The molecule has 0 radical (unpaired) electrons. The first-order valence-corrected chi connectivity index (χ1v) is 27.9. The largest absolute Gasteiger partial charge is 0.309 e. The van der Waals surface area contributed by atoms with Crippen LogP contribution in [0.4, 0.5) is 0 Å². The van der Waals surface area contributed by atoms with Crippen molar-refractivity contribution >= 4 is 72.4 Å². The summed E-state index contributed by atoms with van der Waals surface area (Å²) in [6, 6.07) is 113. The second kappa shape index (κ2) is 18.5. The third-order valence-electron chi connectivity index (χ3n) is 15.5. The van der Waals surface area contributed by atoms with Crippen molar-refractivity contribution in [2.24, 2.45) is 0 Å². The summed E-state index contributed by atoms with van der Waals surface area (Å²) in [5.41, 5.74) is 16.5. The monoisotopic (exact) mass is 970 g/mol. The van der Waals surface area contributed by atoms with E-state index < -0.39 is 8.07 Å². The molecule has 0 saturated heterocycles. The first-order valence-electron chi connectivity index (χ1n) is 25.9. The Labute approximate surface area is 438 Å². The van der Waals surface area contributed by atoms with E-state index in [4.69, 9.17) is 0 Å². The molecule has 0 amide bonds. The quantitative estimate of drug-likeness (QED) is 0.0955. The van der Waals surface area contributed by atoms with E-state index in [1.165, 1.54) is 86.7 Å². The molecule has 0 aliphatic heterocycles. The van der Waals surface area contributed by atoms with E-state index in [9.17, 15) is 0 Å². The van der Waals surface area contributed by atoms with Crippen LogP contribution in [0.5, 0.6) is 0 Å². The third kappa shape index (κ3) is 7.31. The van der Waals surface area contributed by atoms with Crippen LogP contribution in [0.3, 0.4) is 0 Å². The molecule has 0 bridgehead atoms. The van der Waals surface area contributed by atoms with Crippen molar-refractivity contribution in [3.8, 4) is 55.9 Å². The van der Waals surface area contributed by atoms with Gasteiger partial charge in [-0.05, 0) is 85.0 Å². The Hall–Kier alpha value is -9.54. The van der Waals surface area contributed by atoms with Gasteiger partial charge in [0.2, 0.25) is 0 Å². The molecule has 12 aromatic carbocycles. The summed E-state index contributed by atoms with van der Waals surface area (Å²) in [6.07, 6.45) is 0. The van der Waals surface area contributed by atoms with E-state index in [1.807, 2.05) is 0 Å². The number of fused-ring (bicyclic) bond motifs is 6. The lowest BCUT2D eigenvalue weighted by atomic mass is 9.95. The molecule has 2 heterocycles. The topological polar surface area (TPSA) is 9.86 Å². The first kappa shape index (κ1) is 44.2. The van der Waals surface area contributed by atoms with Crippen LogP contribution >= 0.6 is 0 Å². The van der Waals surface area contributed by atoms with E-state index in [1.54, 1.807) is 0 Å². The van der Waals surface area contributed by atoms with Crippen molar-refractivity contribution < 1.29 is 0 Å². The number of para-hydroxylation sites is 4. The van der Waals surface area contributed by atoms with Gasteiger partial charge in [0, 0.05) is 43.9 Å². The van der Waals surface area contributed by atoms with Gasteiger partial charge in [-0.15, -0.1) is 0 Å². The van der Waals surface area contributed by atoms with Crippen LogP contribution in [0.1, 0.15) is 0 Å². The van der Waals surface area contributed by atoms with Crippen LogP contribution in [0, 0.1) is 0 Å². The Kier molecular flexibility index (Phi) is 10.9. The van der Waals surface area contributed by atoms with Gasteiger partial charge in [-0.2, -0.15) is 0 Å². The van der Waals surface area contributed by atoms with E-state index in [2.05, 4.69) is 312 Å².